The van der Waals surface area contributed by atoms with Gasteiger partial charge in [-0.1, -0.05) is 0 Å². The van der Waals surface area contributed by atoms with Crippen molar-refractivity contribution in [2.45, 2.75) is 32.4 Å². The SMILES string of the molecule is COC(C)(C)CCn1cc(Br)c(=O)[nH]c1=O. The summed E-state index contributed by atoms with van der Waals surface area (Å²) >= 11 is 3.08. The second-order valence-electron chi connectivity index (χ2n) is 4.14. The molecule has 1 aromatic rings. The van der Waals surface area contributed by atoms with Crippen molar-refractivity contribution in [1.82, 2.24) is 9.55 Å². The number of methoxy groups -OCH3 is 1. The summed E-state index contributed by atoms with van der Waals surface area (Å²) in [6.07, 6.45) is 2.18. The van der Waals surface area contributed by atoms with Crippen LogP contribution in [0.4, 0.5) is 0 Å². The van der Waals surface area contributed by atoms with Gasteiger partial charge in [0.2, 0.25) is 0 Å². The first-order valence-corrected chi connectivity index (χ1v) is 5.69. The number of hydrogen-bond acceptors (Lipinski definition) is 3. The van der Waals surface area contributed by atoms with Gasteiger partial charge in [0.15, 0.2) is 0 Å². The molecule has 0 saturated carbocycles. The Hall–Kier alpha value is -0.880. The number of H-pyrrole nitrogens is 1. The summed E-state index contributed by atoms with van der Waals surface area (Å²) in [6.45, 7) is 4.38. The molecule has 6 heteroatoms. The lowest BCUT2D eigenvalue weighted by Crippen LogP contribution is -2.32. The maximum Gasteiger partial charge on any atom is 0.328 e. The number of nitrogens with zero attached hydrogens (tertiary/aromatic N) is 1. The van der Waals surface area contributed by atoms with Crippen LogP contribution in [0.3, 0.4) is 0 Å². The fourth-order valence-electron chi connectivity index (χ4n) is 1.14. The third-order valence-corrected chi connectivity index (χ3v) is 3.04. The molecule has 0 aromatic carbocycles. The lowest BCUT2D eigenvalue weighted by molar-refractivity contribution is 0.0117. The van der Waals surface area contributed by atoms with E-state index in [2.05, 4.69) is 20.9 Å². The van der Waals surface area contributed by atoms with E-state index in [1.807, 2.05) is 13.8 Å². The predicted molar refractivity (Wildman–Crippen MR) is 64.7 cm³/mol. The first-order valence-electron chi connectivity index (χ1n) is 4.90. The Labute approximate surface area is 102 Å². The van der Waals surface area contributed by atoms with Gasteiger partial charge in [0.05, 0.1) is 10.1 Å². The summed E-state index contributed by atoms with van der Waals surface area (Å²) in [7, 11) is 1.63. The number of aromatic amines is 1. The Bertz CT molecular complexity index is 476. The molecule has 90 valence electrons. The molecule has 5 nitrogen and oxygen atoms in total. The average Bonchev–Trinajstić information content (AvgIpc) is 2.22. The van der Waals surface area contributed by atoms with Crippen molar-refractivity contribution >= 4 is 15.9 Å². The maximum atomic E-state index is 11.4. The molecule has 0 aliphatic heterocycles. The van der Waals surface area contributed by atoms with Crippen LogP contribution < -0.4 is 11.2 Å². The zero-order valence-corrected chi connectivity index (χ0v) is 11.1. The van der Waals surface area contributed by atoms with Crippen molar-refractivity contribution < 1.29 is 4.74 Å². The fourth-order valence-corrected chi connectivity index (χ4v) is 1.49. The average molecular weight is 291 g/mol. The molecule has 0 spiro atoms. The normalized spacial score (nSPS) is 11.8. The van der Waals surface area contributed by atoms with Gasteiger partial charge >= 0.3 is 5.69 Å². The molecule has 0 radical (unpaired) electrons. The van der Waals surface area contributed by atoms with Crippen molar-refractivity contribution in [3.8, 4) is 0 Å². The highest BCUT2D eigenvalue weighted by atomic mass is 79.9. The molecule has 0 aliphatic carbocycles. The predicted octanol–water partition coefficient (Wildman–Crippen LogP) is 1.11. The summed E-state index contributed by atoms with van der Waals surface area (Å²) in [5.41, 5.74) is -1.10. The van der Waals surface area contributed by atoms with Crippen LogP contribution in [0.15, 0.2) is 20.3 Å². The Morgan fingerprint density at radius 1 is 1.50 bits per heavy atom. The highest BCUT2D eigenvalue weighted by Crippen LogP contribution is 2.13. The van der Waals surface area contributed by atoms with Crippen LogP contribution in [-0.2, 0) is 11.3 Å². The Balaban J connectivity index is 2.87. The molecule has 1 aromatic heterocycles. The molecule has 0 bridgehead atoms. The zero-order chi connectivity index (χ0) is 12.3. The molecule has 1 N–H and O–H groups in total. The lowest BCUT2D eigenvalue weighted by Gasteiger charge is -2.22. The smallest absolute Gasteiger partial charge is 0.328 e. The fraction of sp³-hybridized carbons (Fsp3) is 0.600. The zero-order valence-electron chi connectivity index (χ0n) is 9.54. The minimum atomic E-state index is -0.410. The molecule has 0 atom stereocenters. The highest BCUT2D eigenvalue weighted by Gasteiger charge is 2.16. The van der Waals surface area contributed by atoms with Crippen LogP contribution in [-0.4, -0.2) is 22.3 Å². The van der Waals surface area contributed by atoms with Gasteiger partial charge < -0.3 is 4.74 Å². The van der Waals surface area contributed by atoms with E-state index in [4.69, 9.17) is 4.74 Å². The molecule has 0 saturated heterocycles. The van der Waals surface area contributed by atoms with Gasteiger partial charge in [0.1, 0.15) is 0 Å². The van der Waals surface area contributed by atoms with Gasteiger partial charge in [-0.3, -0.25) is 14.3 Å². The number of aromatic nitrogens is 2. The van der Waals surface area contributed by atoms with Gasteiger partial charge in [0, 0.05) is 19.9 Å². The summed E-state index contributed by atoms with van der Waals surface area (Å²) in [4.78, 5) is 24.8. The van der Waals surface area contributed by atoms with E-state index in [0.717, 1.165) is 0 Å². The van der Waals surface area contributed by atoms with E-state index in [1.54, 1.807) is 7.11 Å². The first kappa shape index (κ1) is 13.2. The topological polar surface area (TPSA) is 64.1 Å². The molecule has 1 rings (SSSR count). The van der Waals surface area contributed by atoms with Crippen molar-refractivity contribution in [2.24, 2.45) is 0 Å². The van der Waals surface area contributed by atoms with E-state index in [-0.39, 0.29) is 5.60 Å². The van der Waals surface area contributed by atoms with E-state index in [9.17, 15) is 9.59 Å². The van der Waals surface area contributed by atoms with E-state index < -0.39 is 11.2 Å². The van der Waals surface area contributed by atoms with Crippen molar-refractivity contribution in [3.63, 3.8) is 0 Å². The largest absolute Gasteiger partial charge is 0.379 e. The van der Waals surface area contributed by atoms with Crippen LogP contribution in [0.2, 0.25) is 0 Å². The van der Waals surface area contributed by atoms with Crippen LogP contribution >= 0.6 is 15.9 Å². The first-order chi connectivity index (χ1) is 7.35. The second kappa shape index (κ2) is 4.97. The minimum Gasteiger partial charge on any atom is -0.379 e. The van der Waals surface area contributed by atoms with Crippen LogP contribution in [0.1, 0.15) is 20.3 Å². The summed E-state index contributed by atoms with van der Waals surface area (Å²) in [6, 6.07) is 0. The molecule has 16 heavy (non-hydrogen) atoms. The molecule has 0 amide bonds. The van der Waals surface area contributed by atoms with Gasteiger partial charge in [-0.2, -0.15) is 0 Å². The second-order valence-corrected chi connectivity index (χ2v) is 5.00. The quantitative estimate of drug-likeness (QED) is 0.904. The van der Waals surface area contributed by atoms with Crippen LogP contribution in [0, 0.1) is 0 Å². The van der Waals surface area contributed by atoms with Gasteiger partial charge in [0.25, 0.3) is 5.56 Å². The highest BCUT2D eigenvalue weighted by molar-refractivity contribution is 9.10. The lowest BCUT2D eigenvalue weighted by atomic mass is 10.1. The van der Waals surface area contributed by atoms with Crippen LogP contribution in [0.25, 0.3) is 0 Å². The molecule has 0 unspecified atom stereocenters. The van der Waals surface area contributed by atoms with Crippen molar-refractivity contribution in [3.05, 3.63) is 31.5 Å². The van der Waals surface area contributed by atoms with Crippen molar-refractivity contribution in [1.29, 1.82) is 0 Å². The molecular formula is C10H15BrN2O3. The maximum absolute atomic E-state index is 11.4. The number of halogens is 1. The Morgan fingerprint density at radius 2 is 2.12 bits per heavy atom. The molecule has 1 heterocycles. The summed E-state index contributed by atoms with van der Waals surface area (Å²) in [5.74, 6) is 0. The molecule has 0 aliphatic rings. The third kappa shape index (κ3) is 3.31. The van der Waals surface area contributed by atoms with E-state index >= 15 is 0 Å². The minimum absolute atomic E-state index is 0.290. The number of nitrogens with one attached hydrogen (secondary N) is 1. The van der Waals surface area contributed by atoms with E-state index in [1.165, 1.54) is 10.8 Å². The number of ether oxygens (including phenoxy) is 1. The van der Waals surface area contributed by atoms with Gasteiger partial charge in [-0.05, 0) is 36.2 Å². The summed E-state index contributed by atoms with van der Waals surface area (Å²) in [5, 5.41) is 0. The standard InChI is InChI=1S/C10H15BrN2O3/c1-10(2,16-3)4-5-13-6-7(11)8(14)12-9(13)15/h6H,4-5H2,1-3H3,(H,12,14,15). The van der Waals surface area contributed by atoms with Crippen LogP contribution in [0.5, 0.6) is 0 Å². The van der Waals surface area contributed by atoms with E-state index in [0.29, 0.717) is 17.4 Å². The van der Waals surface area contributed by atoms with Gasteiger partial charge in [-0.25, -0.2) is 4.79 Å². The Kier molecular flexibility index (Phi) is 4.09. The van der Waals surface area contributed by atoms with Crippen molar-refractivity contribution in [2.75, 3.05) is 7.11 Å². The third-order valence-electron chi connectivity index (χ3n) is 2.47. The van der Waals surface area contributed by atoms with Gasteiger partial charge in [-0.15, -0.1) is 0 Å². The Morgan fingerprint density at radius 3 is 2.69 bits per heavy atom. The molecular weight excluding hydrogens is 276 g/mol. The number of aryl methyl sites for hydroxylation is 1. The monoisotopic (exact) mass is 290 g/mol. The molecule has 0 fully saturated rings. The number of hydrogen-bond donors (Lipinski definition) is 1. The summed E-state index contributed by atoms with van der Waals surface area (Å²) < 4.78 is 7.05. The number of rotatable bonds is 4.